The molecule has 0 heterocycles. The van der Waals surface area contributed by atoms with E-state index in [1.165, 1.54) is 0 Å². The van der Waals surface area contributed by atoms with Gasteiger partial charge in [-0.25, -0.2) is 0 Å². The van der Waals surface area contributed by atoms with Gasteiger partial charge in [0.1, 0.15) is 12.1 Å². The summed E-state index contributed by atoms with van der Waals surface area (Å²) in [6, 6.07) is 6.47. The molecule has 5 N–H and O–H groups in total. The summed E-state index contributed by atoms with van der Waals surface area (Å²) in [6.07, 6.45) is 0. The summed E-state index contributed by atoms with van der Waals surface area (Å²) in [4.78, 5) is 10.7. The summed E-state index contributed by atoms with van der Waals surface area (Å²) in [7, 11) is 0. The van der Waals surface area contributed by atoms with Crippen molar-refractivity contribution in [3.05, 3.63) is 28.2 Å². The molecule has 0 aliphatic carbocycles. The fourth-order valence-electron chi connectivity index (χ4n) is 1.08. The molecule has 0 aromatic heterocycles. The molecule has 0 aliphatic heterocycles. The quantitative estimate of drug-likeness (QED) is 0.750. The van der Waals surface area contributed by atoms with Crippen LogP contribution < -0.4 is 16.8 Å². The highest BCUT2D eigenvalue weighted by atomic mass is 79.9. The first kappa shape index (κ1) is 12.5. The van der Waals surface area contributed by atoms with E-state index in [0.717, 1.165) is 4.47 Å². The number of hydrogen-bond donors (Lipinski definition) is 3. The molecular formula is C10H11BrN4O. The molecule has 1 aromatic carbocycles. The summed E-state index contributed by atoms with van der Waals surface area (Å²) in [5.74, 6) is -0.580. The van der Waals surface area contributed by atoms with E-state index in [1.807, 2.05) is 6.07 Å². The molecular weight excluding hydrogens is 272 g/mol. The number of halogens is 1. The number of rotatable bonds is 4. The number of anilines is 1. The van der Waals surface area contributed by atoms with Crippen molar-refractivity contribution < 1.29 is 4.79 Å². The third-order valence-corrected chi connectivity index (χ3v) is 2.47. The highest BCUT2D eigenvalue weighted by Gasteiger charge is 2.09. The van der Waals surface area contributed by atoms with Crippen molar-refractivity contribution in [1.29, 1.82) is 5.26 Å². The molecule has 1 rings (SSSR count). The van der Waals surface area contributed by atoms with Crippen LogP contribution in [0.1, 0.15) is 5.56 Å². The smallest absolute Gasteiger partial charge is 0.236 e. The van der Waals surface area contributed by atoms with Gasteiger partial charge in [0.15, 0.2) is 0 Å². The second-order valence-electron chi connectivity index (χ2n) is 3.19. The average Bonchev–Trinajstić information content (AvgIpc) is 2.26. The van der Waals surface area contributed by atoms with Crippen LogP contribution in [0.5, 0.6) is 0 Å². The normalized spacial score (nSPS) is 11.6. The number of carbonyl (C=O) groups is 1. The van der Waals surface area contributed by atoms with Crippen molar-refractivity contribution in [1.82, 2.24) is 0 Å². The first-order valence-corrected chi connectivity index (χ1v) is 5.32. The van der Waals surface area contributed by atoms with Crippen LogP contribution in [0.2, 0.25) is 0 Å². The number of benzene rings is 1. The number of nitrogens with one attached hydrogen (secondary N) is 1. The minimum Gasteiger partial charge on any atom is -0.382 e. The second kappa shape index (κ2) is 5.49. The zero-order valence-electron chi connectivity index (χ0n) is 8.40. The first-order valence-electron chi connectivity index (χ1n) is 4.53. The van der Waals surface area contributed by atoms with Crippen molar-refractivity contribution in [2.75, 3.05) is 11.9 Å². The summed E-state index contributed by atoms with van der Waals surface area (Å²) in [5, 5.41) is 11.8. The topological polar surface area (TPSA) is 105 Å². The van der Waals surface area contributed by atoms with Gasteiger partial charge in [-0.3, -0.25) is 4.79 Å². The van der Waals surface area contributed by atoms with Crippen LogP contribution in [-0.2, 0) is 4.79 Å². The number of nitriles is 1. The van der Waals surface area contributed by atoms with Crippen molar-refractivity contribution in [3.8, 4) is 6.07 Å². The van der Waals surface area contributed by atoms with Crippen LogP contribution in [0.15, 0.2) is 22.7 Å². The van der Waals surface area contributed by atoms with Crippen LogP contribution in [0.25, 0.3) is 0 Å². The second-order valence-corrected chi connectivity index (χ2v) is 4.11. The lowest BCUT2D eigenvalue weighted by Crippen LogP contribution is -2.41. The number of hydrogen-bond acceptors (Lipinski definition) is 4. The van der Waals surface area contributed by atoms with Gasteiger partial charge >= 0.3 is 0 Å². The Morgan fingerprint density at radius 2 is 2.31 bits per heavy atom. The Labute approximate surface area is 102 Å². The lowest BCUT2D eigenvalue weighted by Gasteiger charge is -2.11. The predicted molar refractivity (Wildman–Crippen MR) is 64.5 cm³/mol. The molecule has 5 nitrogen and oxygen atoms in total. The van der Waals surface area contributed by atoms with E-state index in [-0.39, 0.29) is 6.54 Å². The molecule has 0 saturated carbocycles. The highest BCUT2D eigenvalue weighted by molar-refractivity contribution is 9.10. The number of nitrogens with zero attached hydrogens (tertiary/aromatic N) is 1. The molecule has 0 bridgehead atoms. The summed E-state index contributed by atoms with van der Waals surface area (Å²) in [6.45, 7) is 0.200. The summed E-state index contributed by atoms with van der Waals surface area (Å²) in [5.41, 5.74) is 11.6. The Kier molecular flexibility index (Phi) is 4.28. The molecule has 1 atom stereocenters. The Hall–Kier alpha value is -1.58. The molecule has 1 unspecified atom stereocenters. The van der Waals surface area contributed by atoms with Gasteiger partial charge in [-0.1, -0.05) is 15.9 Å². The monoisotopic (exact) mass is 282 g/mol. The van der Waals surface area contributed by atoms with Crippen LogP contribution in [-0.4, -0.2) is 18.5 Å². The van der Waals surface area contributed by atoms with Crippen LogP contribution in [0, 0.1) is 11.3 Å². The van der Waals surface area contributed by atoms with Gasteiger partial charge in [0, 0.05) is 11.0 Å². The molecule has 1 aromatic rings. The number of amides is 1. The maximum Gasteiger partial charge on any atom is 0.236 e. The molecule has 0 fully saturated rings. The van der Waals surface area contributed by atoms with E-state index in [9.17, 15) is 4.79 Å². The minimum atomic E-state index is -0.768. The molecule has 0 saturated heterocycles. The minimum absolute atomic E-state index is 0.200. The Morgan fingerprint density at radius 3 is 2.88 bits per heavy atom. The van der Waals surface area contributed by atoms with E-state index >= 15 is 0 Å². The summed E-state index contributed by atoms with van der Waals surface area (Å²) < 4.78 is 0.814. The van der Waals surface area contributed by atoms with Crippen molar-refractivity contribution >= 4 is 27.5 Å². The Bertz CT molecular complexity index is 441. The molecule has 6 heteroatoms. The zero-order chi connectivity index (χ0) is 12.1. The van der Waals surface area contributed by atoms with Gasteiger partial charge in [0.05, 0.1) is 11.3 Å². The largest absolute Gasteiger partial charge is 0.382 e. The molecule has 0 radical (unpaired) electrons. The van der Waals surface area contributed by atoms with Crippen LogP contribution >= 0.6 is 15.9 Å². The fourth-order valence-corrected chi connectivity index (χ4v) is 1.44. The van der Waals surface area contributed by atoms with Crippen LogP contribution in [0.4, 0.5) is 5.69 Å². The average molecular weight is 283 g/mol. The molecule has 16 heavy (non-hydrogen) atoms. The Balaban J connectivity index is 2.75. The van der Waals surface area contributed by atoms with Gasteiger partial charge in [0.2, 0.25) is 5.91 Å². The van der Waals surface area contributed by atoms with Gasteiger partial charge in [-0.2, -0.15) is 5.26 Å². The SMILES string of the molecule is N#Cc1cc(Br)ccc1NCC(N)C(N)=O. The van der Waals surface area contributed by atoms with E-state index < -0.39 is 11.9 Å². The molecule has 1 amide bonds. The fraction of sp³-hybridized carbons (Fsp3) is 0.200. The lowest BCUT2D eigenvalue weighted by molar-refractivity contribution is -0.118. The van der Waals surface area contributed by atoms with E-state index in [4.69, 9.17) is 16.7 Å². The summed E-state index contributed by atoms with van der Waals surface area (Å²) >= 11 is 3.26. The maximum atomic E-state index is 10.7. The lowest BCUT2D eigenvalue weighted by atomic mass is 10.2. The number of nitrogens with two attached hydrogens (primary N) is 2. The number of primary amides is 1. The maximum absolute atomic E-state index is 10.7. The van der Waals surface area contributed by atoms with Gasteiger partial charge in [-0.15, -0.1) is 0 Å². The standard InChI is InChI=1S/C10H11BrN4O/c11-7-1-2-9(6(3-7)4-12)15-5-8(13)10(14)16/h1-3,8,15H,5,13H2,(H2,14,16). The molecule has 0 aliphatic rings. The number of carbonyl (C=O) groups excluding carboxylic acids is 1. The third-order valence-electron chi connectivity index (χ3n) is 1.98. The molecule has 0 spiro atoms. The van der Waals surface area contributed by atoms with E-state index in [1.54, 1.807) is 18.2 Å². The van der Waals surface area contributed by atoms with Gasteiger partial charge < -0.3 is 16.8 Å². The molecule has 84 valence electrons. The van der Waals surface area contributed by atoms with E-state index in [2.05, 4.69) is 21.2 Å². The van der Waals surface area contributed by atoms with Crippen LogP contribution in [0.3, 0.4) is 0 Å². The third kappa shape index (κ3) is 3.22. The van der Waals surface area contributed by atoms with Gasteiger partial charge in [-0.05, 0) is 18.2 Å². The zero-order valence-corrected chi connectivity index (χ0v) is 9.99. The van der Waals surface area contributed by atoms with Crippen molar-refractivity contribution in [2.24, 2.45) is 11.5 Å². The highest BCUT2D eigenvalue weighted by Crippen LogP contribution is 2.19. The Morgan fingerprint density at radius 1 is 1.62 bits per heavy atom. The van der Waals surface area contributed by atoms with Crippen molar-refractivity contribution in [2.45, 2.75) is 6.04 Å². The van der Waals surface area contributed by atoms with E-state index in [0.29, 0.717) is 11.3 Å². The van der Waals surface area contributed by atoms with Crippen molar-refractivity contribution in [3.63, 3.8) is 0 Å². The first-order chi connectivity index (χ1) is 7.54. The van der Waals surface area contributed by atoms with Gasteiger partial charge in [0.25, 0.3) is 0 Å². The predicted octanol–water partition coefficient (Wildman–Crippen LogP) is 0.545.